The normalized spacial score (nSPS) is 11.0. The van der Waals surface area contributed by atoms with Crippen LogP contribution in [0.25, 0.3) is 21.9 Å². The van der Waals surface area contributed by atoms with Crippen molar-refractivity contribution in [3.63, 3.8) is 0 Å². The van der Waals surface area contributed by atoms with Crippen LogP contribution in [0.4, 0.5) is 5.95 Å². The van der Waals surface area contributed by atoms with E-state index < -0.39 is 0 Å². The topological polar surface area (TPSA) is 86.5 Å². The lowest BCUT2D eigenvalue weighted by molar-refractivity contribution is 0.102. The van der Waals surface area contributed by atoms with E-state index in [9.17, 15) is 4.79 Å². The molecule has 0 saturated carbocycles. The molecule has 6 heteroatoms. The van der Waals surface area contributed by atoms with Crippen LogP contribution < -0.4 is 5.32 Å². The third-order valence-corrected chi connectivity index (χ3v) is 3.33. The van der Waals surface area contributed by atoms with E-state index in [0.29, 0.717) is 11.5 Å². The van der Waals surface area contributed by atoms with Crippen LogP contribution in [-0.2, 0) is 0 Å². The molecule has 3 N–H and O–H groups in total. The van der Waals surface area contributed by atoms with E-state index in [2.05, 4.69) is 25.5 Å². The number of anilines is 1. The number of H-pyrrole nitrogens is 2. The maximum Gasteiger partial charge on any atom is 0.258 e. The third-order valence-electron chi connectivity index (χ3n) is 3.33. The fourth-order valence-corrected chi connectivity index (χ4v) is 2.27. The van der Waals surface area contributed by atoms with E-state index in [1.54, 1.807) is 18.3 Å². The van der Waals surface area contributed by atoms with E-state index >= 15 is 0 Å². The molecule has 21 heavy (non-hydrogen) atoms. The molecule has 0 aliphatic heterocycles. The van der Waals surface area contributed by atoms with Gasteiger partial charge in [0.25, 0.3) is 5.91 Å². The second kappa shape index (κ2) is 4.45. The zero-order chi connectivity index (χ0) is 14.2. The third kappa shape index (κ3) is 2.02. The Hall–Kier alpha value is -3.15. The van der Waals surface area contributed by atoms with Gasteiger partial charge < -0.3 is 4.98 Å². The van der Waals surface area contributed by atoms with Gasteiger partial charge in [-0.2, -0.15) is 5.10 Å². The first kappa shape index (κ1) is 11.7. The van der Waals surface area contributed by atoms with Crippen molar-refractivity contribution >= 4 is 33.8 Å². The number of carbonyl (C=O) groups excluding carboxylic acids is 1. The van der Waals surface area contributed by atoms with Gasteiger partial charge in [0, 0.05) is 10.9 Å². The number of aromatic nitrogens is 4. The first-order chi connectivity index (χ1) is 10.3. The minimum atomic E-state index is -0.217. The molecule has 0 atom stereocenters. The first-order valence-corrected chi connectivity index (χ1v) is 6.49. The minimum absolute atomic E-state index is 0.217. The molecule has 2 heterocycles. The Morgan fingerprint density at radius 1 is 1.10 bits per heavy atom. The van der Waals surface area contributed by atoms with Gasteiger partial charge >= 0.3 is 0 Å². The number of nitrogens with zero attached hydrogens (tertiary/aromatic N) is 2. The maximum atomic E-state index is 12.3. The molecule has 2 aromatic heterocycles. The van der Waals surface area contributed by atoms with Gasteiger partial charge in [0.2, 0.25) is 5.95 Å². The Morgan fingerprint density at radius 3 is 2.90 bits per heavy atom. The van der Waals surface area contributed by atoms with Crippen molar-refractivity contribution in [2.24, 2.45) is 0 Å². The molecular formula is C15H11N5O. The zero-order valence-corrected chi connectivity index (χ0v) is 10.9. The van der Waals surface area contributed by atoms with Crippen LogP contribution in [0, 0.1) is 0 Å². The van der Waals surface area contributed by atoms with Crippen LogP contribution >= 0.6 is 0 Å². The van der Waals surface area contributed by atoms with Crippen molar-refractivity contribution in [3.8, 4) is 0 Å². The van der Waals surface area contributed by atoms with Crippen LogP contribution in [-0.4, -0.2) is 26.1 Å². The quantitative estimate of drug-likeness (QED) is 0.526. The number of hydrogen-bond acceptors (Lipinski definition) is 3. The molecule has 4 rings (SSSR count). The van der Waals surface area contributed by atoms with Crippen molar-refractivity contribution in [1.82, 2.24) is 20.2 Å². The molecule has 4 aromatic rings. The number of benzene rings is 2. The zero-order valence-electron chi connectivity index (χ0n) is 10.9. The number of para-hydroxylation sites is 2. The van der Waals surface area contributed by atoms with Crippen molar-refractivity contribution < 1.29 is 4.79 Å². The summed E-state index contributed by atoms with van der Waals surface area (Å²) < 4.78 is 0. The lowest BCUT2D eigenvalue weighted by Gasteiger charge is -2.01. The number of hydrogen-bond donors (Lipinski definition) is 3. The van der Waals surface area contributed by atoms with E-state index in [0.717, 1.165) is 21.9 Å². The van der Waals surface area contributed by atoms with Gasteiger partial charge in [-0.25, -0.2) is 4.98 Å². The largest absolute Gasteiger partial charge is 0.324 e. The van der Waals surface area contributed by atoms with Crippen LogP contribution in [0.3, 0.4) is 0 Å². The molecule has 0 spiro atoms. The average molecular weight is 277 g/mol. The monoisotopic (exact) mass is 277 g/mol. The summed E-state index contributed by atoms with van der Waals surface area (Å²) in [6.45, 7) is 0. The Bertz CT molecular complexity index is 920. The van der Waals surface area contributed by atoms with Gasteiger partial charge in [0.05, 0.1) is 22.7 Å². The SMILES string of the molecule is O=C(Nc1nc2ccccc2[nH]1)c1ccc2cn[nH]c2c1. The van der Waals surface area contributed by atoms with E-state index in [-0.39, 0.29) is 5.91 Å². The number of carbonyl (C=O) groups is 1. The molecule has 1 amide bonds. The molecule has 0 bridgehead atoms. The summed E-state index contributed by atoms with van der Waals surface area (Å²) >= 11 is 0. The van der Waals surface area contributed by atoms with Gasteiger partial charge in [-0.3, -0.25) is 15.2 Å². The van der Waals surface area contributed by atoms with Gasteiger partial charge in [0.15, 0.2) is 0 Å². The molecule has 6 nitrogen and oxygen atoms in total. The Balaban J connectivity index is 1.64. The molecule has 102 valence electrons. The summed E-state index contributed by atoms with van der Waals surface area (Å²) in [5, 5.41) is 10.5. The number of imidazole rings is 1. The fraction of sp³-hybridized carbons (Fsp3) is 0. The minimum Gasteiger partial charge on any atom is -0.324 e. The summed E-state index contributed by atoms with van der Waals surface area (Å²) in [6.07, 6.45) is 1.72. The second-order valence-corrected chi connectivity index (χ2v) is 4.73. The van der Waals surface area contributed by atoms with Crippen LogP contribution in [0.5, 0.6) is 0 Å². The van der Waals surface area contributed by atoms with Gasteiger partial charge in [-0.15, -0.1) is 0 Å². The molecule has 0 unspecified atom stereocenters. The molecular weight excluding hydrogens is 266 g/mol. The summed E-state index contributed by atoms with van der Waals surface area (Å²) in [6, 6.07) is 13.0. The number of amides is 1. The Kier molecular flexibility index (Phi) is 2.47. The Morgan fingerprint density at radius 2 is 2.00 bits per heavy atom. The van der Waals surface area contributed by atoms with Crippen molar-refractivity contribution in [2.45, 2.75) is 0 Å². The molecule has 0 fully saturated rings. The highest BCUT2D eigenvalue weighted by Gasteiger charge is 2.10. The number of fused-ring (bicyclic) bond motifs is 2. The van der Waals surface area contributed by atoms with Crippen LogP contribution in [0.1, 0.15) is 10.4 Å². The fourth-order valence-electron chi connectivity index (χ4n) is 2.27. The number of aromatic amines is 2. The lowest BCUT2D eigenvalue weighted by Crippen LogP contribution is -2.12. The highest BCUT2D eigenvalue weighted by molar-refractivity contribution is 6.05. The summed E-state index contributed by atoms with van der Waals surface area (Å²) in [5.74, 6) is 0.219. The lowest BCUT2D eigenvalue weighted by atomic mass is 10.1. The summed E-state index contributed by atoms with van der Waals surface area (Å²) in [5.41, 5.74) is 3.08. The van der Waals surface area contributed by atoms with Gasteiger partial charge in [-0.05, 0) is 24.3 Å². The van der Waals surface area contributed by atoms with E-state index in [4.69, 9.17) is 0 Å². The predicted octanol–water partition coefficient (Wildman–Crippen LogP) is 2.69. The Labute approximate surface area is 119 Å². The van der Waals surface area contributed by atoms with E-state index in [1.165, 1.54) is 0 Å². The van der Waals surface area contributed by atoms with Crippen LogP contribution in [0.15, 0.2) is 48.7 Å². The second-order valence-electron chi connectivity index (χ2n) is 4.73. The van der Waals surface area contributed by atoms with Gasteiger partial charge in [-0.1, -0.05) is 18.2 Å². The van der Waals surface area contributed by atoms with Crippen LogP contribution in [0.2, 0.25) is 0 Å². The molecule has 0 aliphatic rings. The smallest absolute Gasteiger partial charge is 0.258 e. The number of nitrogens with one attached hydrogen (secondary N) is 3. The van der Waals surface area contributed by atoms with Gasteiger partial charge in [0.1, 0.15) is 0 Å². The van der Waals surface area contributed by atoms with Crippen molar-refractivity contribution in [1.29, 1.82) is 0 Å². The van der Waals surface area contributed by atoms with E-state index in [1.807, 2.05) is 30.3 Å². The standard InChI is InChI=1S/C15H11N5O/c21-14(9-5-6-10-8-16-20-13(10)7-9)19-15-17-11-3-1-2-4-12(11)18-15/h1-8H,(H,16,20)(H2,17,18,19,21). The maximum absolute atomic E-state index is 12.3. The highest BCUT2D eigenvalue weighted by atomic mass is 16.1. The average Bonchev–Trinajstić information content (AvgIpc) is 3.11. The predicted molar refractivity (Wildman–Crippen MR) is 80.1 cm³/mol. The molecule has 0 aliphatic carbocycles. The van der Waals surface area contributed by atoms with Crippen molar-refractivity contribution in [3.05, 3.63) is 54.2 Å². The molecule has 2 aromatic carbocycles. The molecule has 0 saturated heterocycles. The first-order valence-electron chi connectivity index (χ1n) is 6.49. The highest BCUT2D eigenvalue weighted by Crippen LogP contribution is 2.16. The number of rotatable bonds is 2. The summed E-state index contributed by atoms with van der Waals surface area (Å²) in [7, 11) is 0. The van der Waals surface area contributed by atoms with Crippen molar-refractivity contribution in [2.75, 3.05) is 5.32 Å². The molecule has 0 radical (unpaired) electrons. The summed E-state index contributed by atoms with van der Waals surface area (Å²) in [4.78, 5) is 19.6.